The molecule has 0 bridgehead atoms. The number of aliphatic hydroxyl groups is 1. The first-order valence-electron chi connectivity index (χ1n) is 8.75. The Labute approximate surface area is 158 Å². The van der Waals surface area contributed by atoms with E-state index in [0.29, 0.717) is 37.0 Å². The number of carbonyl (C=O) groups is 1. The van der Waals surface area contributed by atoms with E-state index < -0.39 is 0 Å². The van der Waals surface area contributed by atoms with Crippen molar-refractivity contribution in [2.45, 2.75) is 20.1 Å². The number of aliphatic hydroxyl groups excluding tert-OH is 1. The maximum Gasteiger partial charge on any atom is 0.241 e. The minimum atomic E-state index is -0.0671. The number of ether oxygens (including phenoxy) is 1. The molecule has 1 heterocycles. The van der Waals surface area contributed by atoms with E-state index in [4.69, 9.17) is 16.3 Å². The topological polar surface area (TPSA) is 53.0 Å². The Hall–Kier alpha value is -2.08. The maximum atomic E-state index is 12.6. The van der Waals surface area contributed by atoms with Gasteiger partial charge >= 0.3 is 0 Å². The molecule has 0 aliphatic carbocycles. The second-order valence-corrected chi connectivity index (χ2v) is 6.65. The number of anilines is 1. The first-order chi connectivity index (χ1) is 12.6. The Morgan fingerprint density at radius 3 is 2.69 bits per heavy atom. The fourth-order valence-corrected chi connectivity index (χ4v) is 3.43. The summed E-state index contributed by atoms with van der Waals surface area (Å²) < 4.78 is 5.52. The van der Waals surface area contributed by atoms with E-state index in [2.05, 4.69) is 4.90 Å². The SMILES string of the molecule is CCOc1ccc(CN2CCN(c3ccccc3Cl)C(=O)C2)cc1CO. The van der Waals surface area contributed by atoms with Crippen LogP contribution in [0.2, 0.25) is 5.02 Å². The zero-order valence-electron chi connectivity index (χ0n) is 14.8. The second-order valence-electron chi connectivity index (χ2n) is 6.24. The number of amides is 1. The fraction of sp³-hybridized carbons (Fsp3) is 0.350. The van der Waals surface area contributed by atoms with Crippen LogP contribution in [-0.2, 0) is 17.9 Å². The summed E-state index contributed by atoms with van der Waals surface area (Å²) in [5.74, 6) is 0.746. The molecule has 3 rings (SSSR count). The molecular weight excluding hydrogens is 352 g/mol. The first kappa shape index (κ1) is 18.7. The van der Waals surface area contributed by atoms with Gasteiger partial charge in [-0.05, 0) is 36.8 Å². The van der Waals surface area contributed by atoms with Crippen molar-refractivity contribution in [3.05, 3.63) is 58.6 Å². The number of hydrogen-bond acceptors (Lipinski definition) is 4. The highest BCUT2D eigenvalue weighted by molar-refractivity contribution is 6.33. The lowest BCUT2D eigenvalue weighted by atomic mass is 10.1. The Bertz CT molecular complexity index is 781. The molecule has 1 amide bonds. The molecule has 0 spiro atoms. The molecular formula is C20H23ClN2O3. The summed E-state index contributed by atoms with van der Waals surface area (Å²) in [6.45, 7) is 4.77. The Balaban J connectivity index is 1.66. The molecule has 0 atom stereocenters. The molecule has 1 fully saturated rings. The van der Waals surface area contributed by atoms with Crippen LogP contribution in [0, 0.1) is 0 Å². The summed E-state index contributed by atoms with van der Waals surface area (Å²) in [5.41, 5.74) is 2.59. The van der Waals surface area contributed by atoms with E-state index in [9.17, 15) is 9.90 Å². The molecule has 1 aliphatic heterocycles. The third-order valence-corrected chi connectivity index (χ3v) is 4.76. The van der Waals surface area contributed by atoms with Gasteiger partial charge in [0.1, 0.15) is 5.75 Å². The van der Waals surface area contributed by atoms with Crippen LogP contribution in [0.5, 0.6) is 5.75 Å². The number of piperazine rings is 1. The van der Waals surface area contributed by atoms with Gasteiger partial charge in [0.15, 0.2) is 0 Å². The van der Waals surface area contributed by atoms with Crippen LogP contribution in [-0.4, -0.2) is 42.2 Å². The molecule has 1 saturated heterocycles. The van der Waals surface area contributed by atoms with Gasteiger partial charge in [0, 0.05) is 25.2 Å². The van der Waals surface area contributed by atoms with Crippen LogP contribution >= 0.6 is 11.6 Å². The minimum absolute atomic E-state index is 0.0395. The number of rotatable bonds is 6. The van der Waals surface area contributed by atoms with Gasteiger partial charge in [-0.2, -0.15) is 0 Å². The zero-order valence-corrected chi connectivity index (χ0v) is 15.6. The molecule has 0 aromatic heterocycles. The predicted molar refractivity (Wildman–Crippen MR) is 103 cm³/mol. The number of carbonyl (C=O) groups excluding carboxylic acids is 1. The quantitative estimate of drug-likeness (QED) is 0.844. The lowest BCUT2D eigenvalue weighted by Crippen LogP contribution is -2.50. The number of halogens is 1. The highest BCUT2D eigenvalue weighted by Crippen LogP contribution is 2.27. The lowest BCUT2D eigenvalue weighted by molar-refractivity contribution is -0.121. The van der Waals surface area contributed by atoms with Crippen LogP contribution in [0.15, 0.2) is 42.5 Å². The average molecular weight is 375 g/mol. The van der Waals surface area contributed by atoms with Crippen molar-refractivity contribution < 1.29 is 14.6 Å². The normalized spacial score (nSPS) is 15.3. The van der Waals surface area contributed by atoms with Gasteiger partial charge in [-0.25, -0.2) is 0 Å². The highest BCUT2D eigenvalue weighted by Gasteiger charge is 2.26. The van der Waals surface area contributed by atoms with E-state index in [-0.39, 0.29) is 12.5 Å². The predicted octanol–water partition coefficient (Wildman–Crippen LogP) is 3.08. The van der Waals surface area contributed by atoms with Crippen molar-refractivity contribution in [2.24, 2.45) is 0 Å². The lowest BCUT2D eigenvalue weighted by Gasteiger charge is -2.34. The van der Waals surface area contributed by atoms with E-state index >= 15 is 0 Å². The zero-order chi connectivity index (χ0) is 18.5. The van der Waals surface area contributed by atoms with Gasteiger partial charge in [0.2, 0.25) is 5.91 Å². The number of hydrogen-bond donors (Lipinski definition) is 1. The van der Waals surface area contributed by atoms with Gasteiger partial charge in [0.05, 0.1) is 30.5 Å². The van der Waals surface area contributed by atoms with Gasteiger partial charge in [-0.3, -0.25) is 9.69 Å². The Morgan fingerprint density at radius 1 is 1.19 bits per heavy atom. The van der Waals surface area contributed by atoms with Crippen LogP contribution < -0.4 is 9.64 Å². The van der Waals surface area contributed by atoms with Crippen molar-refractivity contribution in [3.63, 3.8) is 0 Å². The monoisotopic (exact) mass is 374 g/mol. The minimum Gasteiger partial charge on any atom is -0.494 e. The molecule has 5 nitrogen and oxygen atoms in total. The summed E-state index contributed by atoms with van der Waals surface area (Å²) in [6.07, 6.45) is 0. The summed E-state index contributed by atoms with van der Waals surface area (Å²) in [7, 11) is 0. The molecule has 26 heavy (non-hydrogen) atoms. The number of nitrogens with zero attached hydrogens (tertiary/aromatic N) is 2. The molecule has 1 aliphatic rings. The van der Waals surface area contributed by atoms with Crippen LogP contribution in [0.4, 0.5) is 5.69 Å². The summed E-state index contributed by atoms with van der Waals surface area (Å²) in [5, 5.41) is 10.1. The molecule has 2 aromatic carbocycles. The maximum absolute atomic E-state index is 12.6. The van der Waals surface area contributed by atoms with Gasteiger partial charge in [0.25, 0.3) is 0 Å². The van der Waals surface area contributed by atoms with Crippen molar-refractivity contribution >= 4 is 23.2 Å². The van der Waals surface area contributed by atoms with Gasteiger partial charge in [-0.1, -0.05) is 29.8 Å². The van der Waals surface area contributed by atoms with Crippen LogP contribution in [0.1, 0.15) is 18.1 Å². The van der Waals surface area contributed by atoms with E-state index in [1.807, 2.05) is 43.3 Å². The first-order valence-corrected chi connectivity index (χ1v) is 9.13. The molecule has 1 N–H and O–H groups in total. The van der Waals surface area contributed by atoms with Crippen molar-refractivity contribution in [2.75, 3.05) is 31.1 Å². The number of para-hydroxylation sites is 1. The summed E-state index contributed by atoms with van der Waals surface area (Å²) >= 11 is 6.22. The molecule has 138 valence electrons. The van der Waals surface area contributed by atoms with Crippen molar-refractivity contribution in [1.82, 2.24) is 4.90 Å². The molecule has 0 radical (unpaired) electrons. The third-order valence-electron chi connectivity index (χ3n) is 4.44. The van der Waals surface area contributed by atoms with Crippen molar-refractivity contribution in [3.8, 4) is 5.75 Å². The average Bonchev–Trinajstić information content (AvgIpc) is 2.64. The summed E-state index contributed by atoms with van der Waals surface area (Å²) in [4.78, 5) is 16.4. The highest BCUT2D eigenvalue weighted by atomic mass is 35.5. The molecule has 0 unspecified atom stereocenters. The Morgan fingerprint density at radius 2 is 2.00 bits per heavy atom. The smallest absolute Gasteiger partial charge is 0.241 e. The van der Waals surface area contributed by atoms with E-state index in [1.165, 1.54) is 0 Å². The number of benzene rings is 2. The van der Waals surface area contributed by atoms with Gasteiger partial charge < -0.3 is 14.7 Å². The third kappa shape index (κ3) is 4.18. The largest absolute Gasteiger partial charge is 0.494 e. The van der Waals surface area contributed by atoms with E-state index in [0.717, 1.165) is 23.4 Å². The van der Waals surface area contributed by atoms with E-state index in [1.54, 1.807) is 11.0 Å². The Kier molecular flexibility index (Phi) is 6.14. The fourth-order valence-electron chi connectivity index (χ4n) is 3.19. The summed E-state index contributed by atoms with van der Waals surface area (Å²) in [6, 6.07) is 13.2. The van der Waals surface area contributed by atoms with Gasteiger partial charge in [-0.15, -0.1) is 0 Å². The molecule has 6 heteroatoms. The standard InChI is InChI=1S/C20H23ClN2O3/c1-2-26-19-8-7-15(11-16(19)14-24)12-22-9-10-23(20(25)13-22)18-6-4-3-5-17(18)21/h3-8,11,24H,2,9-10,12-14H2,1H3. The second kappa shape index (κ2) is 8.54. The molecule has 2 aromatic rings. The molecule has 0 saturated carbocycles. The van der Waals surface area contributed by atoms with Crippen LogP contribution in [0.25, 0.3) is 0 Å². The van der Waals surface area contributed by atoms with Crippen molar-refractivity contribution in [1.29, 1.82) is 0 Å². The van der Waals surface area contributed by atoms with Crippen LogP contribution in [0.3, 0.4) is 0 Å².